The van der Waals surface area contributed by atoms with Crippen LogP contribution in [0.2, 0.25) is 0 Å². The number of nitrogens with one attached hydrogen (secondary N) is 1. The molecule has 0 heterocycles. The van der Waals surface area contributed by atoms with Gasteiger partial charge in [0, 0.05) is 22.4 Å². The molecule has 1 N–H and O–H groups in total. The molecule has 3 heteroatoms. The van der Waals surface area contributed by atoms with Gasteiger partial charge in [0.2, 0.25) is 0 Å². The third-order valence-electron chi connectivity index (χ3n) is 1.92. The topological polar surface area (TPSA) is 34.3 Å². The summed E-state index contributed by atoms with van der Waals surface area (Å²) in [6.45, 7) is 0. The Labute approximate surface area is 77.8 Å². The molecule has 1 aliphatic rings. The second-order valence-electron chi connectivity index (χ2n) is 2.54. The Balaban J connectivity index is 0.000000810. The van der Waals surface area contributed by atoms with Gasteiger partial charge in [-0.05, 0) is 18.8 Å². The van der Waals surface area contributed by atoms with Crippen LogP contribution < -0.4 is 5.32 Å². The average molecular weight is 321 g/mol. The van der Waals surface area contributed by atoms with Crippen LogP contribution >= 0.6 is 0 Å². The summed E-state index contributed by atoms with van der Waals surface area (Å²) in [6.07, 6.45) is 4.73. The molecule has 63 valence electrons. The summed E-state index contributed by atoms with van der Waals surface area (Å²) in [5.41, 5.74) is 0. The molecular weight excluding hydrogens is 309 g/mol. The fourth-order valence-corrected chi connectivity index (χ4v) is 1.34. The molecule has 0 aliphatic heterocycles. The van der Waals surface area contributed by atoms with E-state index in [0.29, 0.717) is 11.8 Å². The molecule has 0 aromatic carbocycles. The van der Waals surface area contributed by atoms with Crippen molar-refractivity contribution < 1.29 is 22.4 Å². The maximum atomic E-state index is 9.10. The van der Waals surface area contributed by atoms with Gasteiger partial charge in [-0.3, -0.25) is 0 Å². The molecule has 0 saturated heterocycles. The minimum atomic E-state index is 0. The Morgan fingerprint density at radius 1 is 1.40 bits per heavy atom. The van der Waals surface area contributed by atoms with Crippen LogP contribution in [-0.4, -0.2) is 5.84 Å². The van der Waals surface area contributed by atoms with Gasteiger partial charge >= 0.3 is 0 Å². The van der Waals surface area contributed by atoms with E-state index in [9.17, 15) is 0 Å². The Kier molecular flexibility index (Phi) is 5.04. The maximum absolute atomic E-state index is 9.10. The number of hydrogen-bond donors (Lipinski definition) is 1. The van der Waals surface area contributed by atoms with Crippen LogP contribution in [0.4, 0.5) is 0 Å². The van der Waals surface area contributed by atoms with Crippen molar-refractivity contribution in [3.8, 4) is 0 Å². The standard InChI is InChI=1S/C7H12N2.Au/c1-9-7(8)6-4-2-3-5-6;/h6H,1-5H2,(H-,8,9);/q-2;. The Morgan fingerprint density at radius 2 is 1.90 bits per heavy atom. The molecule has 1 saturated carbocycles. The summed E-state index contributed by atoms with van der Waals surface area (Å²) in [4.78, 5) is 0. The maximum Gasteiger partial charge on any atom is 0 e. The van der Waals surface area contributed by atoms with E-state index in [2.05, 4.69) is 12.4 Å². The summed E-state index contributed by atoms with van der Waals surface area (Å²) in [5.74, 6) is 0.745. The minimum absolute atomic E-state index is 0. The molecule has 0 aromatic heterocycles. The van der Waals surface area contributed by atoms with E-state index < -0.39 is 0 Å². The van der Waals surface area contributed by atoms with Gasteiger partial charge in [0.25, 0.3) is 0 Å². The van der Waals surface area contributed by atoms with Crippen LogP contribution in [0.1, 0.15) is 25.7 Å². The quantitative estimate of drug-likeness (QED) is 0.338. The van der Waals surface area contributed by atoms with Crippen molar-refractivity contribution in [2.24, 2.45) is 5.92 Å². The van der Waals surface area contributed by atoms with Crippen molar-refractivity contribution >= 4 is 5.84 Å². The van der Waals surface area contributed by atoms with E-state index in [-0.39, 0.29) is 22.4 Å². The number of hydrogen-bond acceptors (Lipinski definition) is 0. The van der Waals surface area contributed by atoms with Crippen molar-refractivity contribution in [2.45, 2.75) is 25.7 Å². The first-order valence-corrected chi connectivity index (χ1v) is 3.43. The van der Waals surface area contributed by atoms with Crippen molar-refractivity contribution in [3.63, 3.8) is 0 Å². The van der Waals surface area contributed by atoms with Gasteiger partial charge in [-0.1, -0.05) is 12.8 Å². The molecule has 0 amide bonds. The molecule has 0 bridgehead atoms. The van der Waals surface area contributed by atoms with E-state index in [0.717, 1.165) is 12.8 Å². The van der Waals surface area contributed by atoms with Crippen molar-refractivity contribution in [3.05, 3.63) is 12.5 Å². The second-order valence-corrected chi connectivity index (χ2v) is 2.54. The fourth-order valence-electron chi connectivity index (χ4n) is 1.34. The summed E-state index contributed by atoms with van der Waals surface area (Å²) in [6, 6.07) is 0. The van der Waals surface area contributed by atoms with Crippen LogP contribution in [0.3, 0.4) is 0 Å². The molecule has 1 radical (unpaired) electrons. The van der Waals surface area contributed by atoms with Gasteiger partial charge in [-0.25, -0.2) is 0 Å². The summed E-state index contributed by atoms with van der Waals surface area (Å²) < 4.78 is 0. The molecular formula is C7H12AuN2-2. The second kappa shape index (κ2) is 4.94. The molecule has 0 aromatic rings. The zero-order chi connectivity index (χ0) is 6.69. The largest absolute Gasteiger partial charge is 0.638 e. The Hall–Kier alpha value is 0.210. The monoisotopic (exact) mass is 321 g/mol. The molecule has 1 rings (SSSR count). The summed E-state index contributed by atoms with van der Waals surface area (Å²) >= 11 is 0. The minimum Gasteiger partial charge on any atom is -0.638 e. The first-order valence-electron chi connectivity index (χ1n) is 3.43. The van der Waals surface area contributed by atoms with Gasteiger partial charge in [0.1, 0.15) is 0 Å². The van der Waals surface area contributed by atoms with E-state index in [4.69, 9.17) is 5.41 Å². The zero-order valence-corrected chi connectivity index (χ0v) is 8.03. The van der Waals surface area contributed by atoms with Gasteiger partial charge in [0.15, 0.2) is 0 Å². The van der Waals surface area contributed by atoms with E-state index in [1.54, 1.807) is 0 Å². The summed E-state index contributed by atoms with van der Waals surface area (Å²) in [5, 5.41) is 11.6. The van der Waals surface area contributed by atoms with Gasteiger partial charge in [-0.2, -0.15) is 0 Å². The molecule has 2 nitrogen and oxygen atoms in total. The van der Waals surface area contributed by atoms with Crippen molar-refractivity contribution in [1.29, 1.82) is 0 Å². The van der Waals surface area contributed by atoms with Crippen LogP contribution in [-0.2, 0) is 22.4 Å². The predicted octanol–water partition coefficient (Wildman–Crippen LogP) is 1.52. The van der Waals surface area contributed by atoms with Gasteiger partial charge < -0.3 is 17.8 Å². The first-order chi connectivity index (χ1) is 4.34. The van der Waals surface area contributed by atoms with Crippen molar-refractivity contribution in [2.75, 3.05) is 0 Å². The fraction of sp³-hybridized carbons (Fsp3) is 0.714. The molecule has 1 aliphatic carbocycles. The van der Waals surface area contributed by atoms with Gasteiger partial charge in [-0.15, -0.1) is 5.84 Å². The SMILES string of the molecule is [Au].[CH2-]NC(=[N-])C1CCCC1. The molecule has 0 unspecified atom stereocenters. The molecule has 0 spiro atoms. The first kappa shape index (κ1) is 10.2. The van der Waals surface area contributed by atoms with E-state index in [1.807, 2.05) is 0 Å². The third kappa shape index (κ3) is 2.45. The van der Waals surface area contributed by atoms with Crippen molar-refractivity contribution in [1.82, 2.24) is 5.32 Å². The number of amidine groups is 1. The van der Waals surface area contributed by atoms with Crippen LogP contribution in [0, 0.1) is 13.0 Å². The van der Waals surface area contributed by atoms with E-state index >= 15 is 0 Å². The molecule has 10 heavy (non-hydrogen) atoms. The van der Waals surface area contributed by atoms with E-state index in [1.165, 1.54) is 12.8 Å². The number of rotatable bonds is 1. The third-order valence-corrected chi connectivity index (χ3v) is 1.92. The molecule has 0 atom stereocenters. The Bertz CT molecular complexity index is 108. The summed E-state index contributed by atoms with van der Waals surface area (Å²) in [7, 11) is 3.39. The van der Waals surface area contributed by atoms with Crippen LogP contribution in [0.15, 0.2) is 0 Å². The normalized spacial score (nSPS) is 18.1. The average Bonchev–Trinajstić information content (AvgIpc) is 2.37. The van der Waals surface area contributed by atoms with Gasteiger partial charge in [0.05, 0.1) is 0 Å². The number of nitrogens with zero attached hydrogens (tertiary/aromatic N) is 1. The zero-order valence-electron chi connectivity index (χ0n) is 5.86. The Morgan fingerprint density at radius 3 is 2.30 bits per heavy atom. The predicted molar refractivity (Wildman–Crippen MR) is 38.8 cm³/mol. The van der Waals surface area contributed by atoms with Crippen LogP contribution in [0.25, 0.3) is 5.41 Å². The smallest absolute Gasteiger partial charge is 0 e. The van der Waals surface area contributed by atoms with Crippen LogP contribution in [0.5, 0.6) is 0 Å². The molecule has 1 fully saturated rings.